The van der Waals surface area contributed by atoms with Crippen LogP contribution in [-0.4, -0.2) is 11.7 Å². The number of hydrogen-bond donors (Lipinski definition) is 1. The van der Waals surface area contributed by atoms with Gasteiger partial charge in [-0.3, -0.25) is 14.5 Å². The lowest BCUT2D eigenvalue weighted by Gasteiger charge is -2.33. The molecule has 2 heterocycles. The molecule has 1 aromatic heterocycles. The van der Waals surface area contributed by atoms with Gasteiger partial charge in [0, 0.05) is 24.6 Å². The lowest BCUT2D eigenvalue weighted by atomic mass is 9.78. The number of hydrogen-bond acceptors (Lipinski definition) is 4. The van der Waals surface area contributed by atoms with Crippen molar-refractivity contribution in [3.05, 3.63) is 95.1 Å². The molecule has 0 saturated heterocycles. The van der Waals surface area contributed by atoms with E-state index in [0.29, 0.717) is 24.2 Å². The van der Waals surface area contributed by atoms with Crippen LogP contribution in [0.2, 0.25) is 0 Å². The molecular formula is C29H30N2O3. The van der Waals surface area contributed by atoms with Crippen LogP contribution in [0.1, 0.15) is 69.4 Å². The smallest absolute Gasteiger partial charge is 0.224 e. The maximum Gasteiger partial charge on any atom is 0.224 e. The van der Waals surface area contributed by atoms with Crippen LogP contribution in [-0.2, 0) is 15.0 Å². The molecule has 0 bridgehead atoms. The van der Waals surface area contributed by atoms with Crippen molar-refractivity contribution in [1.82, 2.24) is 0 Å². The van der Waals surface area contributed by atoms with Crippen molar-refractivity contribution in [3.8, 4) is 0 Å². The molecule has 0 fully saturated rings. The first-order valence-electron chi connectivity index (χ1n) is 11.8. The first kappa shape index (κ1) is 22.2. The fraction of sp³-hybridized carbons (Fsp3) is 0.310. The predicted octanol–water partition coefficient (Wildman–Crippen LogP) is 6.50. The molecular weight excluding hydrogens is 424 g/mol. The van der Waals surface area contributed by atoms with Crippen molar-refractivity contribution >= 4 is 23.1 Å². The molecule has 34 heavy (non-hydrogen) atoms. The fourth-order valence-electron chi connectivity index (χ4n) is 5.15. The van der Waals surface area contributed by atoms with E-state index >= 15 is 0 Å². The van der Waals surface area contributed by atoms with Crippen LogP contribution in [0.5, 0.6) is 0 Å². The van der Waals surface area contributed by atoms with Crippen LogP contribution < -0.4 is 10.2 Å². The van der Waals surface area contributed by atoms with Gasteiger partial charge in [0.15, 0.2) is 5.78 Å². The molecule has 2 atom stereocenters. The van der Waals surface area contributed by atoms with Gasteiger partial charge >= 0.3 is 0 Å². The molecule has 174 valence electrons. The molecule has 5 heteroatoms. The Bertz CT molecular complexity index is 1260. The standard InChI is InChI=1S/C29H30N2O3/c1-18(32)31-24-9-6-5-8-22(24)30-23-16-20(19-11-13-21(14-12-19)29(2,3)4)17-25(33)27(23)28(31)26-10-7-15-34-26/h5-15,20,28,30H,16-17H2,1-4H3/t20-,28+/m1/s1. The van der Waals surface area contributed by atoms with Gasteiger partial charge in [0.25, 0.3) is 0 Å². The summed E-state index contributed by atoms with van der Waals surface area (Å²) in [5, 5.41) is 3.53. The molecule has 1 aliphatic carbocycles. The zero-order valence-corrected chi connectivity index (χ0v) is 20.1. The molecule has 1 amide bonds. The van der Waals surface area contributed by atoms with Crippen LogP contribution in [0, 0.1) is 0 Å². The molecule has 5 nitrogen and oxygen atoms in total. The normalized spacial score (nSPS) is 20.4. The van der Waals surface area contributed by atoms with Gasteiger partial charge in [-0.15, -0.1) is 0 Å². The van der Waals surface area contributed by atoms with E-state index in [1.165, 1.54) is 12.5 Å². The number of anilines is 2. The molecule has 1 aliphatic heterocycles. The van der Waals surface area contributed by atoms with Gasteiger partial charge < -0.3 is 9.73 Å². The molecule has 0 radical (unpaired) electrons. The highest BCUT2D eigenvalue weighted by molar-refractivity contribution is 6.05. The average molecular weight is 455 g/mol. The summed E-state index contributed by atoms with van der Waals surface area (Å²) >= 11 is 0. The van der Waals surface area contributed by atoms with Crippen LogP contribution >= 0.6 is 0 Å². The number of fused-ring (bicyclic) bond motifs is 1. The zero-order valence-electron chi connectivity index (χ0n) is 20.1. The number of Topliss-reactive ketones (excluding diaryl/α,β-unsaturated/α-hetero) is 1. The summed E-state index contributed by atoms with van der Waals surface area (Å²) in [5.41, 5.74) is 5.54. The van der Waals surface area contributed by atoms with Crippen LogP contribution in [0.25, 0.3) is 0 Å². The van der Waals surface area contributed by atoms with Crippen molar-refractivity contribution in [2.24, 2.45) is 0 Å². The number of nitrogens with one attached hydrogen (secondary N) is 1. The maximum absolute atomic E-state index is 13.7. The number of nitrogens with zero attached hydrogens (tertiary/aromatic N) is 1. The Morgan fingerprint density at radius 1 is 1.00 bits per heavy atom. The van der Waals surface area contributed by atoms with E-state index < -0.39 is 6.04 Å². The highest BCUT2D eigenvalue weighted by atomic mass is 16.3. The minimum atomic E-state index is -0.602. The molecule has 1 N–H and O–H groups in total. The summed E-state index contributed by atoms with van der Waals surface area (Å²) in [7, 11) is 0. The van der Waals surface area contributed by atoms with Crippen molar-refractivity contribution in [1.29, 1.82) is 0 Å². The lowest BCUT2D eigenvalue weighted by molar-refractivity contribution is -0.117. The second-order valence-electron chi connectivity index (χ2n) is 10.2. The first-order valence-corrected chi connectivity index (χ1v) is 11.8. The minimum absolute atomic E-state index is 0.0408. The summed E-state index contributed by atoms with van der Waals surface area (Å²) in [4.78, 5) is 28.3. The number of allylic oxidation sites excluding steroid dienone is 1. The SMILES string of the molecule is CC(=O)N1c2ccccc2NC2=C(C(=O)C[C@H](c3ccc(C(C)(C)C)cc3)C2)[C@@H]1c1ccco1. The summed E-state index contributed by atoms with van der Waals surface area (Å²) in [6.07, 6.45) is 2.67. The number of amides is 1. The van der Waals surface area contributed by atoms with Crippen LogP contribution in [0.15, 0.2) is 82.6 Å². The van der Waals surface area contributed by atoms with Gasteiger partial charge in [-0.2, -0.15) is 0 Å². The van der Waals surface area contributed by atoms with Crippen LogP contribution in [0.4, 0.5) is 11.4 Å². The van der Waals surface area contributed by atoms with Crippen LogP contribution in [0.3, 0.4) is 0 Å². The Hall–Kier alpha value is -3.60. The van der Waals surface area contributed by atoms with Crippen molar-refractivity contribution in [2.45, 2.75) is 57.9 Å². The number of rotatable bonds is 2. The molecule has 0 spiro atoms. The van der Waals surface area contributed by atoms with E-state index in [1.54, 1.807) is 17.2 Å². The number of furan rings is 1. The Morgan fingerprint density at radius 3 is 2.38 bits per heavy atom. The third-order valence-electron chi connectivity index (χ3n) is 6.89. The third-order valence-corrected chi connectivity index (χ3v) is 6.89. The fourth-order valence-corrected chi connectivity index (χ4v) is 5.15. The number of carbonyl (C=O) groups excluding carboxylic acids is 2. The van der Waals surface area contributed by atoms with E-state index in [2.05, 4.69) is 50.4 Å². The Morgan fingerprint density at radius 2 is 1.74 bits per heavy atom. The van der Waals surface area contributed by atoms with Crippen molar-refractivity contribution in [3.63, 3.8) is 0 Å². The summed E-state index contributed by atoms with van der Waals surface area (Å²) in [6.45, 7) is 8.13. The third kappa shape index (κ3) is 3.85. The maximum atomic E-state index is 13.7. The molecule has 0 unspecified atom stereocenters. The van der Waals surface area contributed by atoms with E-state index in [1.807, 2.05) is 30.3 Å². The van der Waals surface area contributed by atoms with Gasteiger partial charge in [-0.05, 0) is 53.1 Å². The second kappa shape index (κ2) is 8.32. The Labute approximate surface area is 200 Å². The number of ketones is 1. The van der Waals surface area contributed by atoms with E-state index in [0.717, 1.165) is 22.6 Å². The number of benzene rings is 2. The lowest BCUT2D eigenvalue weighted by Crippen LogP contribution is -2.37. The van der Waals surface area contributed by atoms with E-state index in [4.69, 9.17) is 4.42 Å². The molecule has 2 aromatic carbocycles. The van der Waals surface area contributed by atoms with Crippen molar-refractivity contribution < 1.29 is 14.0 Å². The Balaban J connectivity index is 1.61. The monoisotopic (exact) mass is 454 g/mol. The van der Waals surface area contributed by atoms with Gasteiger partial charge in [0.1, 0.15) is 11.8 Å². The van der Waals surface area contributed by atoms with Gasteiger partial charge in [0.05, 0.1) is 17.6 Å². The topological polar surface area (TPSA) is 62.6 Å². The van der Waals surface area contributed by atoms with E-state index in [9.17, 15) is 9.59 Å². The van der Waals surface area contributed by atoms with Gasteiger partial charge in [-0.25, -0.2) is 0 Å². The van der Waals surface area contributed by atoms with Gasteiger partial charge in [-0.1, -0.05) is 57.2 Å². The van der Waals surface area contributed by atoms with E-state index in [-0.39, 0.29) is 23.0 Å². The van der Waals surface area contributed by atoms with Gasteiger partial charge in [0.2, 0.25) is 5.91 Å². The molecule has 5 rings (SSSR count). The zero-order chi connectivity index (χ0) is 24.0. The largest absolute Gasteiger partial charge is 0.467 e. The number of carbonyl (C=O) groups is 2. The molecule has 2 aliphatic rings. The number of para-hydroxylation sites is 2. The molecule has 3 aromatic rings. The quantitative estimate of drug-likeness (QED) is 0.480. The highest BCUT2D eigenvalue weighted by Crippen LogP contribution is 2.47. The predicted molar refractivity (Wildman–Crippen MR) is 134 cm³/mol. The molecule has 0 saturated carbocycles. The minimum Gasteiger partial charge on any atom is -0.467 e. The van der Waals surface area contributed by atoms with Crippen molar-refractivity contribution in [2.75, 3.05) is 10.2 Å². The Kier molecular flexibility index (Phi) is 5.43. The summed E-state index contributed by atoms with van der Waals surface area (Å²) in [5.74, 6) is 0.555. The first-order chi connectivity index (χ1) is 16.2. The average Bonchev–Trinajstić information content (AvgIpc) is 3.27. The summed E-state index contributed by atoms with van der Waals surface area (Å²) in [6, 6.07) is 19.4. The second-order valence-corrected chi connectivity index (χ2v) is 10.2. The highest BCUT2D eigenvalue weighted by Gasteiger charge is 2.42. The summed E-state index contributed by atoms with van der Waals surface area (Å²) < 4.78 is 5.77.